The third kappa shape index (κ3) is 10.5. The van der Waals surface area contributed by atoms with Crippen LogP contribution in [0.4, 0.5) is 0 Å². The van der Waals surface area contributed by atoms with Crippen molar-refractivity contribution in [2.45, 2.75) is 126 Å². The number of rotatable bonds is 12. The van der Waals surface area contributed by atoms with Crippen LogP contribution in [0.2, 0.25) is 0 Å². The van der Waals surface area contributed by atoms with E-state index in [1.54, 1.807) is 0 Å². The third-order valence-corrected chi connectivity index (χ3v) is 9.82. The molecule has 2 rings (SSSR count). The Balaban J connectivity index is 1.95. The zero-order valence-electron chi connectivity index (χ0n) is 20.9. The average molecular weight is 458 g/mol. The summed E-state index contributed by atoms with van der Waals surface area (Å²) in [6.45, 7) is 18.6. The standard InChI is InChI=1S/C26H51NOS2/c1-25(2,3)29-23-15-11-13-21(23)19-27(17-9-7-8-10-18-28)20-22-14-12-16-24(22)30-26(4,5)6/h21-24,28H,7-20H2,1-6H3/t21-,22+,23?,24?. The van der Waals surface area contributed by atoms with E-state index >= 15 is 0 Å². The van der Waals surface area contributed by atoms with Crippen molar-refractivity contribution < 1.29 is 5.11 Å². The number of hydrogen-bond acceptors (Lipinski definition) is 4. The van der Waals surface area contributed by atoms with Crippen LogP contribution in [0.15, 0.2) is 0 Å². The van der Waals surface area contributed by atoms with Gasteiger partial charge in [-0.1, -0.05) is 67.2 Å². The predicted molar refractivity (Wildman–Crippen MR) is 139 cm³/mol. The van der Waals surface area contributed by atoms with Gasteiger partial charge in [0, 0.05) is 39.7 Å². The molecule has 0 aromatic rings. The molecule has 0 saturated heterocycles. The van der Waals surface area contributed by atoms with Crippen LogP contribution in [0.1, 0.15) is 106 Å². The molecule has 0 aromatic carbocycles. The van der Waals surface area contributed by atoms with E-state index in [0.29, 0.717) is 16.1 Å². The first-order valence-electron chi connectivity index (χ1n) is 12.8. The van der Waals surface area contributed by atoms with Crippen molar-refractivity contribution in [1.82, 2.24) is 4.90 Å². The zero-order chi connectivity index (χ0) is 22.2. The van der Waals surface area contributed by atoms with Crippen LogP contribution < -0.4 is 0 Å². The van der Waals surface area contributed by atoms with E-state index in [9.17, 15) is 0 Å². The van der Waals surface area contributed by atoms with Gasteiger partial charge in [0.25, 0.3) is 0 Å². The van der Waals surface area contributed by atoms with Crippen molar-refractivity contribution in [3.05, 3.63) is 0 Å². The molecular weight excluding hydrogens is 406 g/mol. The number of hydrogen-bond donors (Lipinski definition) is 1. The molecule has 4 atom stereocenters. The molecule has 1 N–H and O–H groups in total. The van der Waals surface area contributed by atoms with Crippen LogP contribution in [0, 0.1) is 11.8 Å². The summed E-state index contributed by atoms with van der Waals surface area (Å²) in [7, 11) is 0. The maximum atomic E-state index is 9.08. The Bertz CT molecular complexity index is 435. The predicted octanol–water partition coefficient (Wildman–Crippen LogP) is 7.24. The highest BCUT2D eigenvalue weighted by Gasteiger charge is 2.35. The fraction of sp³-hybridized carbons (Fsp3) is 1.00. The molecule has 0 heterocycles. The fourth-order valence-corrected chi connectivity index (χ4v) is 8.58. The number of aliphatic hydroxyl groups excluding tert-OH is 1. The summed E-state index contributed by atoms with van der Waals surface area (Å²) in [5.74, 6) is 1.75. The van der Waals surface area contributed by atoms with E-state index in [0.717, 1.165) is 28.8 Å². The summed E-state index contributed by atoms with van der Waals surface area (Å²) >= 11 is 4.48. The third-order valence-electron chi connectivity index (χ3n) is 6.56. The minimum atomic E-state index is 0.352. The van der Waals surface area contributed by atoms with Crippen molar-refractivity contribution >= 4 is 23.5 Å². The lowest BCUT2D eigenvalue weighted by atomic mass is 10.0. The Morgan fingerprint density at radius 1 is 0.700 bits per heavy atom. The average Bonchev–Trinajstić information content (AvgIpc) is 3.21. The lowest BCUT2D eigenvalue weighted by Crippen LogP contribution is -2.38. The first-order chi connectivity index (χ1) is 14.1. The van der Waals surface area contributed by atoms with E-state index in [4.69, 9.17) is 5.11 Å². The molecule has 2 unspecified atom stereocenters. The van der Waals surface area contributed by atoms with Gasteiger partial charge < -0.3 is 10.0 Å². The molecule has 0 aromatic heterocycles. The molecule has 4 heteroatoms. The van der Waals surface area contributed by atoms with Crippen LogP contribution in [0.5, 0.6) is 0 Å². The molecule has 0 spiro atoms. The number of nitrogens with zero attached hydrogens (tertiary/aromatic N) is 1. The second-order valence-corrected chi connectivity index (χ2v) is 15.9. The summed E-state index contributed by atoms with van der Waals surface area (Å²) in [5, 5.41) is 10.8. The van der Waals surface area contributed by atoms with Gasteiger partial charge in [-0.05, 0) is 56.9 Å². The summed E-state index contributed by atoms with van der Waals surface area (Å²) in [6.07, 6.45) is 13.3. The lowest BCUT2D eigenvalue weighted by molar-refractivity contribution is 0.197. The van der Waals surface area contributed by atoms with E-state index < -0.39 is 0 Å². The summed E-state index contributed by atoms with van der Waals surface area (Å²) in [4.78, 5) is 2.87. The van der Waals surface area contributed by atoms with E-state index in [1.165, 1.54) is 77.4 Å². The van der Waals surface area contributed by atoms with Gasteiger partial charge in [-0.3, -0.25) is 0 Å². The van der Waals surface area contributed by atoms with Gasteiger partial charge in [-0.15, -0.1) is 0 Å². The molecule has 2 saturated carbocycles. The van der Waals surface area contributed by atoms with Crippen LogP contribution in [0.3, 0.4) is 0 Å². The van der Waals surface area contributed by atoms with Crippen molar-refractivity contribution in [2.75, 3.05) is 26.2 Å². The van der Waals surface area contributed by atoms with Crippen molar-refractivity contribution in [3.63, 3.8) is 0 Å². The van der Waals surface area contributed by atoms with E-state index in [1.807, 2.05) is 0 Å². The quantitative estimate of drug-likeness (QED) is 0.312. The monoisotopic (exact) mass is 457 g/mol. The summed E-state index contributed by atoms with van der Waals surface area (Å²) < 4.78 is 0.755. The van der Waals surface area contributed by atoms with Crippen molar-refractivity contribution in [1.29, 1.82) is 0 Å². The first kappa shape index (κ1) is 26.9. The van der Waals surface area contributed by atoms with Crippen LogP contribution in [0.25, 0.3) is 0 Å². The lowest BCUT2D eigenvalue weighted by Gasteiger charge is -2.35. The Labute approximate surface area is 197 Å². The minimum absolute atomic E-state index is 0.352. The maximum absolute atomic E-state index is 9.08. The maximum Gasteiger partial charge on any atom is 0.0431 e. The number of unbranched alkanes of at least 4 members (excludes halogenated alkanes) is 3. The Morgan fingerprint density at radius 2 is 1.17 bits per heavy atom. The summed E-state index contributed by atoms with van der Waals surface area (Å²) in [5.41, 5.74) is 0. The highest BCUT2D eigenvalue weighted by atomic mass is 32.2. The molecule has 2 aliphatic rings. The molecule has 178 valence electrons. The number of thioether (sulfide) groups is 2. The van der Waals surface area contributed by atoms with Crippen molar-refractivity contribution in [3.8, 4) is 0 Å². The first-order valence-corrected chi connectivity index (χ1v) is 14.5. The Kier molecular flexibility index (Phi) is 11.4. The highest BCUT2D eigenvalue weighted by molar-refractivity contribution is 8.01. The highest BCUT2D eigenvalue weighted by Crippen LogP contribution is 2.43. The molecule has 2 nitrogen and oxygen atoms in total. The molecule has 0 aliphatic heterocycles. The van der Waals surface area contributed by atoms with E-state index in [2.05, 4.69) is 70.0 Å². The van der Waals surface area contributed by atoms with Gasteiger partial charge in [0.2, 0.25) is 0 Å². The van der Waals surface area contributed by atoms with Gasteiger partial charge >= 0.3 is 0 Å². The Hall–Kier alpha value is 0.620. The number of aliphatic hydroxyl groups is 1. The van der Waals surface area contributed by atoms with Gasteiger partial charge in [0.1, 0.15) is 0 Å². The molecule has 0 radical (unpaired) electrons. The SMILES string of the molecule is CC(C)(C)SC1CCC[C@@H]1CN(CCCCCCO)C[C@@H]1CCCC1SC(C)(C)C. The molecule has 2 aliphatic carbocycles. The van der Waals surface area contributed by atoms with Crippen molar-refractivity contribution in [2.24, 2.45) is 11.8 Å². The second-order valence-electron chi connectivity index (χ2n) is 11.8. The van der Waals surface area contributed by atoms with Gasteiger partial charge in [0.15, 0.2) is 0 Å². The summed E-state index contributed by atoms with van der Waals surface area (Å²) in [6, 6.07) is 0. The van der Waals surface area contributed by atoms with Gasteiger partial charge in [-0.25, -0.2) is 0 Å². The molecule has 30 heavy (non-hydrogen) atoms. The zero-order valence-corrected chi connectivity index (χ0v) is 22.6. The van der Waals surface area contributed by atoms with Gasteiger partial charge in [-0.2, -0.15) is 23.5 Å². The van der Waals surface area contributed by atoms with Gasteiger partial charge in [0.05, 0.1) is 0 Å². The molecule has 0 amide bonds. The smallest absolute Gasteiger partial charge is 0.0431 e. The molecular formula is C26H51NOS2. The largest absolute Gasteiger partial charge is 0.396 e. The van der Waals surface area contributed by atoms with Crippen LogP contribution >= 0.6 is 23.5 Å². The normalized spacial score (nSPS) is 28.0. The van der Waals surface area contributed by atoms with E-state index in [-0.39, 0.29) is 0 Å². The molecule has 0 bridgehead atoms. The Morgan fingerprint density at radius 3 is 1.60 bits per heavy atom. The van der Waals surface area contributed by atoms with Crippen LogP contribution in [-0.2, 0) is 0 Å². The second kappa shape index (κ2) is 12.8. The topological polar surface area (TPSA) is 23.5 Å². The fourth-order valence-electron chi connectivity index (χ4n) is 5.36. The minimum Gasteiger partial charge on any atom is -0.396 e. The molecule has 2 fully saturated rings. The van der Waals surface area contributed by atoms with Crippen LogP contribution in [-0.4, -0.2) is 56.2 Å².